The van der Waals surface area contributed by atoms with Crippen molar-refractivity contribution in [3.8, 4) is 6.07 Å². The van der Waals surface area contributed by atoms with Gasteiger partial charge in [0.25, 0.3) is 0 Å². The number of aromatic amines is 1. The number of nitrogens with zero attached hydrogens (tertiary/aromatic N) is 2. The van der Waals surface area contributed by atoms with Gasteiger partial charge in [-0.1, -0.05) is 115 Å². The molecule has 0 fully saturated rings. The Hall–Kier alpha value is -4.68. The highest BCUT2D eigenvalue weighted by Crippen LogP contribution is 2.57. The third kappa shape index (κ3) is 3.96. The Balaban J connectivity index is 1.72. The predicted molar refractivity (Wildman–Crippen MR) is 152 cm³/mol. The van der Waals surface area contributed by atoms with Crippen LogP contribution in [0.5, 0.6) is 0 Å². The second kappa shape index (κ2) is 10.4. The average Bonchev–Trinajstić information content (AvgIpc) is 3.52. The lowest BCUT2D eigenvalue weighted by atomic mass is 9.54. The van der Waals surface area contributed by atoms with Crippen LogP contribution < -0.4 is 0 Å². The zero-order valence-corrected chi connectivity index (χ0v) is 21.2. The van der Waals surface area contributed by atoms with Crippen LogP contribution in [0.25, 0.3) is 5.57 Å². The van der Waals surface area contributed by atoms with Crippen LogP contribution in [0.4, 0.5) is 0 Å². The summed E-state index contributed by atoms with van der Waals surface area (Å²) in [5, 5.41) is 9.98. The molecule has 2 unspecified atom stereocenters. The van der Waals surface area contributed by atoms with Gasteiger partial charge in [0.05, 0.1) is 17.8 Å². The van der Waals surface area contributed by atoms with Gasteiger partial charge in [0.15, 0.2) is 0 Å². The van der Waals surface area contributed by atoms with Crippen LogP contribution in [-0.2, 0) is 11.8 Å². The minimum Gasteiger partial charge on any atom is -0.348 e. The summed E-state index contributed by atoms with van der Waals surface area (Å²) in [6, 6.07) is 43.4. The molecular formula is C35H29N3. The number of hydrogen-bond acceptors (Lipinski definition) is 2. The lowest BCUT2D eigenvalue weighted by molar-refractivity contribution is 0.364. The SMILES string of the molecule is N#C/C=C1\c2ccccc2CCC1C(c1cnc[nH]1)C(c1ccccc1)(c1ccccc1)c1ccccc1. The number of nitrogens with one attached hydrogen (secondary N) is 1. The molecule has 184 valence electrons. The summed E-state index contributed by atoms with van der Waals surface area (Å²) >= 11 is 0. The normalized spacial score (nSPS) is 16.9. The zero-order valence-electron chi connectivity index (χ0n) is 21.2. The van der Waals surface area contributed by atoms with E-state index in [9.17, 15) is 5.26 Å². The van der Waals surface area contributed by atoms with E-state index in [0.717, 1.165) is 24.1 Å². The molecule has 0 radical (unpaired) electrons. The third-order valence-electron chi connectivity index (χ3n) is 8.08. The second-order valence-corrected chi connectivity index (χ2v) is 9.92. The predicted octanol–water partition coefficient (Wildman–Crippen LogP) is 7.70. The van der Waals surface area contributed by atoms with Gasteiger partial charge in [-0.3, -0.25) is 0 Å². The molecule has 0 amide bonds. The molecule has 4 aromatic carbocycles. The van der Waals surface area contributed by atoms with Crippen LogP contribution in [-0.4, -0.2) is 9.97 Å². The van der Waals surface area contributed by atoms with E-state index >= 15 is 0 Å². The van der Waals surface area contributed by atoms with E-state index in [1.54, 1.807) is 12.4 Å². The molecule has 1 aliphatic carbocycles. The fourth-order valence-corrected chi connectivity index (χ4v) is 6.62. The number of imidazole rings is 1. The average molecular weight is 492 g/mol. The molecule has 0 saturated heterocycles. The van der Waals surface area contributed by atoms with Gasteiger partial charge >= 0.3 is 0 Å². The maximum atomic E-state index is 9.98. The molecule has 1 heterocycles. The molecule has 1 N–H and O–H groups in total. The minimum atomic E-state index is -0.540. The molecule has 0 bridgehead atoms. The molecule has 2 atom stereocenters. The molecule has 0 spiro atoms. The lowest BCUT2D eigenvalue weighted by Crippen LogP contribution is -2.41. The van der Waals surface area contributed by atoms with Crippen molar-refractivity contribution in [1.82, 2.24) is 9.97 Å². The number of allylic oxidation sites excluding steroid dienone is 2. The lowest BCUT2D eigenvalue weighted by Gasteiger charge is -2.47. The van der Waals surface area contributed by atoms with Crippen molar-refractivity contribution in [2.24, 2.45) is 5.92 Å². The van der Waals surface area contributed by atoms with Gasteiger partial charge in [-0.05, 0) is 52.1 Å². The fraction of sp³-hybridized carbons (Fsp3) is 0.143. The summed E-state index contributed by atoms with van der Waals surface area (Å²) in [6.45, 7) is 0. The molecule has 3 nitrogen and oxygen atoms in total. The van der Waals surface area contributed by atoms with E-state index in [0.29, 0.717) is 0 Å². The van der Waals surface area contributed by atoms with E-state index in [2.05, 4.69) is 131 Å². The van der Waals surface area contributed by atoms with E-state index < -0.39 is 5.41 Å². The highest BCUT2D eigenvalue weighted by Gasteiger charge is 2.50. The van der Waals surface area contributed by atoms with Crippen LogP contribution in [0, 0.1) is 17.2 Å². The topological polar surface area (TPSA) is 52.5 Å². The highest BCUT2D eigenvalue weighted by molar-refractivity contribution is 5.75. The smallest absolute Gasteiger partial charge is 0.0921 e. The van der Waals surface area contributed by atoms with Crippen LogP contribution in [0.3, 0.4) is 0 Å². The molecule has 6 rings (SSSR count). The summed E-state index contributed by atoms with van der Waals surface area (Å²) in [6.07, 6.45) is 7.42. The van der Waals surface area contributed by atoms with Gasteiger partial charge in [0, 0.05) is 23.9 Å². The first kappa shape index (κ1) is 23.7. The first-order valence-corrected chi connectivity index (χ1v) is 13.2. The van der Waals surface area contributed by atoms with Crippen LogP contribution in [0.1, 0.15) is 45.8 Å². The number of aromatic nitrogens is 2. The summed E-state index contributed by atoms with van der Waals surface area (Å²) in [4.78, 5) is 8.02. The number of hydrogen-bond donors (Lipinski definition) is 1. The molecule has 1 aromatic heterocycles. The van der Waals surface area contributed by atoms with Crippen LogP contribution in [0.2, 0.25) is 0 Å². The first-order chi connectivity index (χ1) is 18.8. The summed E-state index contributed by atoms with van der Waals surface area (Å²) in [5.41, 5.74) is 7.75. The van der Waals surface area contributed by atoms with Crippen molar-refractivity contribution < 1.29 is 0 Å². The van der Waals surface area contributed by atoms with Crippen LogP contribution >= 0.6 is 0 Å². The number of benzene rings is 4. The number of fused-ring (bicyclic) bond motifs is 1. The number of H-pyrrole nitrogens is 1. The molecule has 0 aliphatic heterocycles. The standard InChI is InChI=1S/C35H29N3/c36-23-22-31-30-19-11-10-12-26(30)20-21-32(31)34(33-24-37-25-38-33)35(27-13-4-1-5-14-27,28-15-6-2-7-16-28)29-17-8-3-9-18-29/h1-19,22,24-25,32,34H,20-21H2,(H,37,38)/b31-22+. The van der Waals surface area contributed by atoms with Crippen LogP contribution in [0.15, 0.2) is 134 Å². The fourth-order valence-electron chi connectivity index (χ4n) is 6.62. The van der Waals surface area contributed by atoms with Gasteiger partial charge in [0.2, 0.25) is 0 Å². The van der Waals surface area contributed by atoms with E-state index in [-0.39, 0.29) is 11.8 Å². The Morgan fingerprint density at radius 1 is 0.789 bits per heavy atom. The van der Waals surface area contributed by atoms with Gasteiger partial charge in [0.1, 0.15) is 0 Å². The molecular weight excluding hydrogens is 462 g/mol. The van der Waals surface area contributed by atoms with Crippen molar-refractivity contribution in [2.45, 2.75) is 24.2 Å². The summed E-state index contributed by atoms with van der Waals surface area (Å²) in [5.74, 6) is 0.0239. The quantitative estimate of drug-likeness (QED) is 0.195. The molecule has 3 heteroatoms. The van der Waals surface area contributed by atoms with Crippen molar-refractivity contribution in [3.05, 3.63) is 167 Å². The van der Waals surface area contributed by atoms with Gasteiger partial charge in [-0.2, -0.15) is 5.26 Å². The third-order valence-corrected chi connectivity index (χ3v) is 8.08. The summed E-state index contributed by atoms with van der Waals surface area (Å²) in [7, 11) is 0. The Morgan fingerprint density at radius 3 is 1.87 bits per heavy atom. The number of rotatable bonds is 6. The van der Waals surface area contributed by atoms with Crippen molar-refractivity contribution in [1.29, 1.82) is 5.26 Å². The largest absolute Gasteiger partial charge is 0.348 e. The maximum Gasteiger partial charge on any atom is 0.0921 e. The monoisotopic (exact) mass is 491 g/mol. The second-order valence-electron chi connectivity index (χ2n) is 9.92. The van der Waals surface area contributed by atoms with E-state index in [4.69, 9.17) is 0 Å². The van der Waals surface area contributed by atoms with E-state index in [1.165, 1.54) is 27.8 Å². The number of nitriles is 1. The Morgan fingerprint density at radius 2 is 1.34 bits per heavy atom. The maximum absolute atomic E-state index is 9.98. The Kier molecular flexibility index (Phi) is 6.46. The molecule has 38 heavy (non-hydrogen) atoms. The Bertz CT molecular complexity index is 1470. The van der Waals surface area contributed by atoms with E-state index in [1.807, 2.05) is 6.20 Å². The number of aryl methyl sites for hydroxylation is 1. The van der Waals surface area contributed by atoms with Crippen molar-refractivity contribution >= 4 is 5.57 Å². The van der Waals surface area contributed by atoms with Gasteiger partial charge in [-0.25, -0.2) is 4.98 Å². The van der Waals surface area contributed by atoms with Crippen molar-refractivity contribution in [2.75, 3.05) is 0 Å². The molecule has 5 aromatic rings. The van der Waals surface area contributed by atoms with Crippen molar-refractivity contribution in [3.63, 3.8) is 0 Å². The zero-order chi connectivity index (χ0) is 25.8. The molecule has 0 saturated carbocycles. The van der Waals surface area contributed by atoms with Gasteiger partial charge in [-0.15, -0.1) is 0 Å². The van der Waals surface area contributed by atoms with Gasteiger partial charge < -0.3 is 4.98 Å². The highest BCUT2D eigenvalue weighted by atomic mass is 14.9. The minimum absolute atomic E-state index is 0.0508. The Labute approximate surface area is 224 Å². The summed E-state index contributed by atoms with van der Waals surface area (Å²) < 4.78 is 0. The first-order valence-electron chi connectivity index (χ1n) is 13.2. The molecule has 1 aliphatic rings.